The van der Waals surface area contributed by atoms with Gasteiger partial charge in [0.1, 0.15) is 5.54 Å². The first-order chi connectivity index (χ1) is 8.48. The molecule has 4 heteroatoms. The fraction of sp³-hybridized carbons (Fsp3) is 0.929. The average molecular weight is 256 g/mol. The Morgan fingerprint density at radius 1 is 1.39 bits per heavy atom. The molecule has 1 aliphatic rings. The van der Waals surface area contributed by atoms with Crippen LogP contribution in [0.1, 0.15) is 52.4 Å². The summed E-state index contributed by atoms with van der Waals surface area (Å²) < 4.78 is 0. The van der Waals surface area contributed by atoms with E-state index in [1.54, 1.807) is 0 Å². The maximum atomic E-state index is 11.3. The standard InChI is InChI=1S/C14H28N2O2/c1-4-10-16(3)11-6-5-9-14(2,13(17)18)15-12-7-8-12/h12,15H,4-11H2,1-3H3,(H,17,18). The van der Waals surface area contributed by atoms with Crippen LogP contribution >= 0.6 is 0 Å². The molecule has 0 amide bonds. The Hall–Kier alpha value is -0.610. The average Bonchev–Trinajstić information content (AvgIpc) is 3.08. The van der Waals surface area contributed by atoms with Gasteiger partial charge in [0.25, 0.3) is 0 Å². The van der Waals surface area contributed by atoms with Crippen LogP contribution in [0.3, 0.4) is 0 Å². The first kappa shape index (κ1) is 15.4. The van der Waals surface area contributed by atoms with E-state index in [0.29, 0.717) is 6.04 Å². The first-order valence-corrected chi connectivity index (χ1v) is 7.17. The van der Waals surface area contributed by atoms with Crippen LogP contribution in [0.2, 0.25) is 0 Å². The highest BCUT2D eigenvalue weighted by Crippen LogP contribution is 2.25. The van der Waals surface area contributed by atoms with E-state index in [4.69, 9.17) is 0 Å². The van der Waals surface area contributed by atoms with Crippen LogP contribution in [0.5, 0.6) is 0 Å². The summed E-state index contributed by atoms with van der Waals surface area (Å²) in [7, 11) is 2.13. The van der Waals surface area contributed by atoms with E-state index in [-0.39, 0.29) is 0 Å². The van der Waals surface area contributed by atoms with Gasteiger partial charge in [-0.3, -0.25) is 10.1 Å². The Morgan fingerprint density at radius 2 is 2.06 bits per heavy atom. The summed E-state index contributed by atoms with van der Waals surface area (Å²) in [6, 6.07) is 0.439. The van der Waals surface area contributed by atoms with Crippen LogP contribution < -0.4 is 5.32 Å². The summed E-state index contributed by atoms with van der Waals surface area (Å²) in [5, 5.41) is 12.6. The van der Waals surface area contributed by atoms with E-state index in [9.17, 15) is 9.90 Å². The van der Waals surface area contributed by atoms with Gasteiger partial charge in [-0.25, -0.2) is 0 Å². The Labute approximate surface area is 111 Å². The Bertz CT molecular complexity index is 267. The molecule has 1 unspecified atom stereocenters. The van der Waals surface area contributed by atoms with E-state index in [2.05, 4.69) is 24.2 Å². The maximum Gasteiger partial charge on any atom is 0.323 e. The lowest BCUT2D eigenvalue weighted by molar-refractivity contribution is -0.144. The van der Waals surface area contributed by atoms with Gasteiger partial charge in [-0.05, 0) is 65.6 Å². The van der Waals surface area contributed by atoms with Crippen molar-refractivity contribution in [1.29, 1.82) is 0 Å². The molecule has 0 bridgehead atoms. The van der Waals surface area contributed by atoms with Crippen molar-refractivity contribution in [2.45, 2.75) is 64.0 Å². The smallest absolute Gasteiger partial charge is 0.323 e. The number of carbonyl (C=O) groups is 1. The monoisotopic (exact) mass is 256 g/mol. The van der Waals surface area contributed by atoms with Crippen LogP contribution in [-0.4, -0.2) is 47.7 Å². The minimum atomic E-state index is -0.732. The summed E-state index contributed by atoms with van der Waals surface area (Å²) >= 11 is 0. The van der Waals surface area contributed by atoms with Crippen molar-refractivity contribution in [3.05, 3.63) is 0 Å². The van der Waals surface area contributed by atoms with Gasteiger partial charge in [0.2, 0.25) is 0 Å². The Balaban J connectivity index is 2.22. The number of hydrogen-bond donors (Lipinski definition) is 2. The predicted octanol–water partition coefficient (Wildman–Crippen LogP) is 2.09. The third kappa shape index (κ3) is 5.36. The SMILES string of the molecule is CCCN(C)CCCCC(C)(NC1CC1)C(=O)O. The lowest BCUT2D eigenvalue weighted by Gasteiger charge is -2.26. The fourth-order valence-electron chi connectivity index (χ4n) is 2.27. The summed E-state index contributed by atoms with van der Waals surface area (Å²) in [6.07, 6.45) is 6.19. The van der Waals surface area contributed by atoms with E-state index >= 15 is 0 Å². The van der Waals surface area contributed by atoms with Gasteiger partial charge in [-0.2, -0.15) is 0 Å². The molecule has 0 spiro atoms. The van der Waals surface area contributed by atoms with E-state index in [0.717, 1.165) is 45.2 Å². The van der Waals surface area contributed by atoms with E-state index < -0.39 is 11.5 Å². The summed E-state index contributed by atoms with van der Waals surface area (Å²) in [5.74, 6) is -0.712. The molecule has 0 aliphatic heterocycles. The van der Waals surface area contributed by atoms with Gasteiger partial charge in [0, 0.05) is 6.04 Å². The van der Waals surface area contributed by atoms with E-state index in [1.807, 2.05) is 6.92 Å². The summed E-state index contributed by atoms with van der Waals surface area (Å²) in [5.41, 5.74) is -0.732. The molecule has 1 aliphatic carbocycles. The van der Waals surface area contributed by atoms with Crippen molar-refractivity contribution >= 4 is 5.97 Å². The maximum absolute atomic E-state index is 11.3. The molecule has 1 rings (SSSR count). The fourth-order valence-corrected chi connectivity index (χ4v) is 2.27. The molecule has 0 heterocycles. The number of nitrogens with zero attached hydrogens (tertiary/aromatic N) is 1. The normalized spacial score (nSPS) is 18.9. The third-order valence-electron chi connectivity index (χ3n) is 3.64. The van der Waals surface area contributed by atoms with Crippen LogP contribution in [0, 0.1) is 0 Å². The Morgan fingerprint density at radius 3 is 2.56 bits per heavy atom. The number of nitrogens with one attached hydrogen (secondary N) is 1. The van der Waals surface area contributed by atoms with Crippen molar-refractivity contribution in [2.24, 2.45) is 0 Å². The molecule has 0 aromatic heterocycles. The van der Waals surface area contributed by atoms with Crippen LogP contribution in [0.25, 0.3) is 0 Å². The molecule has 0 aromatic carbocycles. The molecule has 1 atom stereocenters. The lowest BCUT2D eigenvalue weighted by atomic mass is 9.94. The highest BCUT2D eigenvalue weighted by Gasteiger charge is 2.37. The lowest BCUT2D eigenvalue weighted by Crippen LogP contribution is -2.50. The second-order valence-electron chi connectivity index (χ2n) is 5.82. The van der Waals surface area contributed by atoms with Gasteiger partial charge in [0.15, 0.2) is 0 Å². The van der Waals surface area contributed by atoms with Gasteiger partial charge in [-0.15, -0.1) is 0 Å². The third-order valence-corrected chi connectivity index (χ3v) is 3.64. The zero-order chi connectivity index (χ0) is 13.6. The number of hydrogen-bond acceptors (Lipinski definition) is 3. The number of carboxylic acid groups (broad SMARTS) is 1. The van der Waals surface area contributed by atoms with Crippen molar-refractivity contribution in [3.8, 4) is 0 Å². The summed E-state index contributed by atoms with van der Waals surface area (Å²) in [4.78, 5) is 13.7. The minimum absolute atomic E-state index is 0.439. The molecule has 2 N–H and O–H groups in total. The van der Waals surface area contributed by atoms with Gasteiger partial charge < -0.3 is 10.0 Å². The molecule has 106 valence electrons. The van der Waals surface area contributed by atoms with Crippen molar-refractivity contribution < 1.29 is 9.90 Å². The van der Waals surface area contributed by atoms with Crippen LogP contribution in [0.4, 0.5) is 0 Å². The van der Waals surface area contributed by atoms with Gasteiger partial charge >= 0.3 is 5.97 Å². The van der Waals surface area contributed by atoms with Gasteiger partial charge in [-0.1, -0.05) is 6.92 Å². The van der Waals surface area contributed by atoms with Crippen molar-refractivity contribution in [2.75, 3.05) is 20.1 Å². The number of unbranched alkanes of at least 4 members (excludes halogenated alkanes) is 1. The van der Waals surface area contributed by atoms with Gasteiger partial charge in [0.05, 0.1) is 0 Å². The molecule has 4 nitrogen and oxygen atoms in total. The molecule has 1 saturated carbocycles. The molecule has 0 radical (unpaired) electrons. The largest absolute Gasteiger partial charge is 0.480 e. The minimum Gasteiger partial charge on any atom is -0.480 e. The number of rotatable bonds is 10. The van der Waals surface area contributed by atoms with E-state index in [1.165, 1.54) is 6.42 Å². The van der Waals surface area contributed by atoms with Crippen LogP contribution in [0.15, 0.2) is 0 Å². The molecule has 0 saturated heterocycles. The second kappa shape index (κ2) is 7.10. The summed E-state index contributed by atoms with van der Waals surface area (Å²) in [6.45, 7) is 6.18. The molecule has 18 heavy (non-hydrogen) atoms. The highest BCUT2D eigenvalue weighted by atomic mass is 16.4. The molecular weight excluding hydrogens is 228 g/mol. The van der Waals surface area contributed by atoms with Crippen molar-refractivity contribution in [3.63, 3.8) is 0 Å². The second-order valence-corrected chi connectivity index (χ2v) is 5.82. The van der Waals surface area contributed by atoms with Crippen molar-refractivity contribution in [1.82, 2.24) is 10.2 Å². The van der Waals surface area contributed by atoms with Crippen LogP contribution in [-0.2, 0) is 4.79 Å². The number of carboxylic acids is 1. The highest BCUT2D eigenvalue weighted by molar-refractivity contribution is 5.78. The molecule has 1 fully saturated rings. The first-order valence-electron chi connectivity index (χ1n) is 7.17. The number of aliphatic carboxylic acids is 1. The topological polar surface area (TPSA) is 52.6 Å². The zero-order valence-corrected chi connectivity index (χ0v) is 12.0. The molecular formula is C14H28N2O2. The molecule has 0 aromatic rings. The quantitative estimate of drug-likeness (QED) is 0.588. The zero-order valence-electron chi connectivity index (χ0n) is 12.0. The predicted molar refractivity (Wildman–Crippen MR) is 73.8 cm³/mol. The Kier molecular flexibility index (Phi) is 6.09.